The summed E-state index contributed by atoms with van der Waals surface area (Å²) in [5, 5.41) is 3.93. The van der Waals surface area contributed by atoms with Crippen molar-refractivity contribution < 1.29 is 26.6 Å². The highest BCUT2D eigenvalue weighted by atomic mass is 32.2. The molecule has 0 aliphatic carbocycles. The summed E-state index contributed by atoms with van der Waals surface area (Å²) in [6.45, 7) is 0. The Labute approximate surface area is 244 Å². The number of para-hydroxylation sites is 1. The van der Waals surface area contributed by atoms with Crippen LogP contribution in [0.25, 0.3) is 0 Å². The van der Waals surface area contributed by atoms with Crippen molar-refractivity contribution in [2.75, 3.05) is 0 Å². The molecule has 2 amide bonds. The van der Waals surface area contributed by atoms with E-state index in [2.05, 4.69) is 15.6 Å². The second-order valence-electron chi connectivity index (χ2n) is 9.41. The van der Waals surface area contributed by atoms with Crippen LogP contribution in [-0.2, 0) is 27.8 Å². The summed E-state index contributed by atoms with van der Waals surface area (Å²) < 4.78 is 45.4. The van der Waals surface area contributed by atoms with Crippen LogP contribution < -0.4 is 14.8 Å². The standard InChI is InChI=1S/C32H30FN3O5S/c33-30(42(39,40)41-28-14-8-3-9-15-28)23-27(17-16-24-10-4-1-5-11-24)35-32(38)29(22-25-12-6-2-7-13-25)36-31(37)26-18-20-34-21-19-26/h1-15,18-21,23,27,29H,16-17,22H2,(H,35,38)(H,36,37)/b30-23-/t27-,29-/m0/s1. The van der Waals surface area contributed by atoms with Gasteiger partial charge >= 0.3 is 10.1 Å². The molecular weight excluding hydrogens is 557 g/mol. The van der Waals surface area contributed by atoms with E-state index >= 15 is 4.39 Å². The molecule has 8 nitrogen and oxygen atoms in total. The average Bonchev–Trinajstić information content (AvgIpc) is 3.01. The lowest BCUT2D eigenvalue weighted by atomic mass is 10.0. The fourth-order valence-corrected chi connectivity index (χ4v) is 4.91. The number of amides is 2. The molecule has 0 spiro atoms. The smallest absolute Gasteiger partial charge is 0.366 e. The summed E-state index contributed by atoms with van der Waals surface area (Å²) in [5.74, 6) is -1.15. The first-order valence-corrected chi connectivity index (χ1v) is 14.7. The largest absolute Gasteiger partial charge is 0.377 e. The van der Waals surface area contributed by atoms with E-state index in [9.17, 15) is 18.0 Å². The van der Waals surface area contributed by atoms with Crippen LogP contribution in [0.4, 0.5) is 4.39 Å². The highest BCUT2D eigenvalue weighted by Crippen LogP contribution is 2.19. The van der Waals surface area contributed by atoms with Gasteiger partial charge in [-0.1, -0.05) is 78.9 Å². The molecule has 0 saturated heterocycles. The first kappa shape index (κ1) is 30.1. The maximum Gasteiger partial charge on any atom is 0.366 e. The van der Waals surface area contributed by atoms with Crippen LogP contribution in [0, 0.1) is 0 Å². The van der Waals surface area contributed by atoms with E-state index < -0.39 is 39.2 Å². The molecule has 216 valence electrons. The molecule has 0 fully saturated rings. The van der Waals surface area contributed by atoms with Gasteiger partial charge in [0.1, 0.15) is 11.8 Å². The molecular formula is C32H30FN3O5S. The van der Waals surface area contributed by atoms with E-state index in [0.717, 1.165) is 17.2 Å². The second-order valence-corrected chi connectivity index (χ2v) is 10.9. The summed E-state index contributed by atoms with van der Waals surface area (Å²) in [6.07, 6.45) is 4.50. The average molecular weight is 588 g/mol. The summed E-state index contributed by atoms with van der Waals surface area (Å²) >= 11 is 0. The van der Waals surface area contributed by atoms with Crippen LogP contribution in [0.3, 0.4) is 0 Å². The monoisotopic (exact) mass is 587 g/mol. The number of carbonyl (C=O) groups is 2. The minimum atomic E-state index is -4.78. The Morgan fingerprint density at radius 2 is 1.38 bits per heavy atom. The van der Waals surface area contributed by atoms with Gasteiger partial charge in [0.25, 0.3) is 11.1 Å². The number of rotatable bonds is 13. The Morgan fingerprint density at radius 3 is 2.00 bits per heavy atom. The quantitative estimate of drug-likeness (QED) is 0.218. The van der Waals surface area contributed by atoms with Crippen molar-refractivity contribution in [3.63, 3.8) is 0 Å². The van der Waals surface area contributed by atoms with Crippen molar-refractivity contribution >= 4 is 21.9 Å². The molecule has 10 heteroatoms. The number of hydrogen-bond acceptors (Lipinski definition) is 6. The van der Waals surface area contributed by atoms with Gasteiger partial charge in [-0.05, 0) is 54.3 Å². The maximum absolute atomic E-state index is 15.2. The van der Waals surface area contributed by atoms with Gasteiger partial charge in [0.05, 0.1) is 6.04 Å². The number of hydrogen-bond donors (Lipinski definition) is 2. The fourth-order valence-electron chi connectivity index (χ4n) is 4.14. The molecule has 2 N–H and O–H groups in total. The van der Waals surface area contributed by atoms with Crippen LogP contribution in [0.15, 0.2) is 127 Å². The number of nitrogens with zero attached hydrogens (tertiary/aromatic N) is 1. The number of aromatic nitrogens is 1. The Kier molecular flexibility index (Phi) is 10.5. The third kappa shape index (κ3) is 9.10. The Bertz CT molecular complexity index is 1590. The molecule has 0 aliphatic rings. The van der Waals surface area contributed by atoms with Crippen LogP contribution in [0.1, 0.15) is 27.9 Å². The minimum Gasteiger partial charge on any atom is -0.377 e. The SMILES string of the molecule is O=C(N[C@@H](Cc1ccccc1)C(=O)N[C@H](/C=C(/F)S(=O)(=O)Oc1ccccc1)CCc1ccccc1)c1ccncc1. The van der Waals surface area contributed by atoms with Crippen molar-refractivity contribution in [2.24, 2.45) is 0 Å². The highest BCUT2D eigenvalue weighted by molar-refractivity contribution is 7.90. The van der Waals surface area contributed by atoms with Gasteiger partial charge in [-0.15, -0.1) is 0 Å². The van der Waals surface area contributed by atoms with E-state index in [4.69, 9.17) is 4.18 Å². The summed E-state index contributed by atoms with van der Waals surface area (Å²) in [5.41, 5.74) is 2.02. The van der Waals surface area contributed by atoms with Gasteiger partial charge in [-0.2, -0.15) is 12.8 Å². The molecule has 42 heavy (non-hydrogen) atoms. The van der Waals surface area contributed by atoms with Gasteiger partial charge in [-0.25, -0.2) is 0 Å². The minimum absolute atomic E-state index is 0.0485. The predicted octanol–water partition coefficient (Wildman–Crippen LogP) is 4.76. The van der Waals surface area contributed by atoms with Crippen molar-refractivity contribution in [3.05, 3.63) is 143 Å². The van der Waals surface area contributed by atoms with Crippen molar-refractivity contribution in [1.29, 1.82) is 0 Å². The molecule has 1 heterocycles. The molecule has 0 bridgehead atoms. The first-order chi connectivity index (χ1) is 20.3. The van der Waals surface area contributed by atoms with Crippen LogP contribution in [-0.4, -0.2) is 37.3 Å². The summed E-state index contributed by atoms with van der Waals surface area (Å²) in [7, 11) is -4.78. The molecule has 2 atom stereocenters. The Hall–Kier alpha value is -4.83. The third-order valence-electron chi connectivity index (χ3n) is 6.28. The number of pyridine rings is 1. The second kappa shape index (κ2) is 14.7. The fraction of sp³-hybridized carbons (Fsp3) is 0.156. The molecule has 3 aromatic carbocycles. The number of nitrogens with one attached hydrogen (secondary N) is 2. The number of halogens is 1. The zero-order valence-electron chi connectivity index (χ0n) is 22.6. The van der Waals surface area contributed by atoms with E-state index in [-0.39, 0.29) is 18.6 Å². The number of carbonyl (C=O) groups excluding carboxylic acids is 2. The molecule has 0 aliphatic heterocycles. The van der Waals surface area contributed by atoms with Crippen LogP contribution in [0.2, 0.25) is 0 Å². The lowest BCUT2D eigenvalue weighted by Gasteiger charge is -2.22. The van der Waals surface area contributed by atoms with Crippen molar-refractivity contribution in [3.8, 4) is 5.75 Å². The van der Waals surface area contributed by atoms with E-state index in [1.807, 2.05) is 60.7 Å². The molecule has 0 radical (unpaired) electrons. The van der Waals surface area contributed by atoms with Gasteiger partial charge in [0.15, 0.2) is 0 Å². The lowest BCUT2D eigenvalue weighted by molar-refractivity contribution is -0.123. The predicted molar refractivity (Wildman–Crippen MR) is 158 cm³/mol. The topological polar surface area (TPSA) is 114 Å². The molecule has 4 rings (SSSR count). The summed E-state index contributed by atoms with van der Waals surface area (Å²) in [4.78, 5) is 30.4. The van der Waals surface area contributed by atoms with Gasteiger partial charge < -0.3 is 14.8 Å². The zero-order chi connectivity index (χ0) is 29.8. The Morgan fingerprint density at radius 1 is 0.810 bits per heavy atom. The number of aryl methyl sites for hydroxylation is 1. The molecule has 0 saturated carbocycles. The van der Waals surface area contributed by atoms with Gasteiger partial charge in [0, 0.05) is 24.4 Å². The van der Waals surface area contributed by atoms with E-state index in [0.29, 0.717) is 12.0 Å². The van der Waals surface area contributed by atoms with Crippen molar-refractivity contribution in [1.82, 2.24) is 15.6 Å². The van der Waals surface area contributed by atoms with Crippen LogP contribution >= 0.6 is 0 Å². The first-order valence-electron chi connectivity index (χ1n) is 13.3. The Balaban J connectivity index is 1.57. The van der Waals surface area contributed by atoms with E-state index in [1.165, 1.54) is 36.7 Å². The molecule has 1 aromatic heterocycles. The highest BCUT2D eigenvalue weighted by Gasteiger charge is 2.27. The van der Waals surface area contributed by atoms with E-state index in [1.54, 1.807) is 18.2 Å². The zero-order valence-corrected chi connectivity index (χ0v) is 23.4. The molecule has 4 aromatic rings. The third-order valence-corrected chi connectivity index (χ3v) is 7.31. The summed E-state index contributed by atoms with van der Waals surface area (Å²) in [6, 6.07) is 26.9. The van der Waals surface area contributed by atoms with Gasteiger partial charge in [-0.3, -0.25) is 14.6 Å². The van der Waals surface area contributed by atoms with Crippen LogP contribution in [0.5, 0.6) is 5.75 Å². The van der Waals surface area contributed by atoms with Gasteiger partial charge in [0.2, 0.25) is 5.91 Å². The van der Waals surface area contributed by atoms with Crippen molar-refractivity contribution in [2.45, 2.75) is 31.3 Å². The molecule has 0 unspecified atom stereocenters. The normalized spacial score (nSPS) is 13.0. The lowest BCUT2D eigenvalue weighted by Crippen LogP contribution is -2.50. The maximum atomic E-state index is 15.2. The number of benzene rings is 3.